The van der Waals surface area contributed by atoms with Gasteiger partial charge in [0.25, 0.3) is 0 Å². The molecule has 0 amide bonds. The van der Waals surface area contributed by atoms with Gasteiger partial charge in [0, 0.05) is 37.5 Å². The van der Waals surface area contributed by atoms with Gasteiger partial charge in [0.15, 0.2) is 0 Å². The fourth-order valence-electron chi connectivity index (χ4n) is 1.49. The van der Waals surface area contributed by atoms with Crippen molar-refractivity contribution in [2.75, 3.05) is 32.6 Å². The molecule has 3 nitrogen and oxygen atoms in total. The summed E-state index contributed by atoms with van der Waals surface area (Å²) in [4.78, 5) is 0.677. The number of halogens is 1. The quantitative estimate of drug-likeness (QED) is 0.534. The number of aliphatic hydroxyl groups is 1. The molecule has 1 aromatic carbocycles. The predicted molar refractivity (Wildman–Crippen MR) is 72.4 cm³/mol. The molecule has 0 saturated carbocycles. The summed E-state index contributed by atoms with van der Waals surface area (Å²) in [6.45, 7) is 2.15. The molecule has 5 heteroatoms. The molecule has 1 rings (SSSR count). The van der Waals surface area contributed by atoms with Crippen molar-refractivity contribution in [2.24, 2.45) is 0 Å². The lowest BCUT2D eigenvalue weighted by Gasteiger charge is -2.11. The van der Waals surface area contributed by atoms with Crippen molar-refractivity contribution in [1.29, 1.82) is 0 Å². The molecule has 0 saturated heterocycles. The number of aliphatic hydroxyl groups excluding tert-OH is 1. The van der Waals surface area contributed by atoms with Gasteiger partial charge in [0.2, 0.25) is 0 Å². The minimum absolute atomic E-state index is 0.142. The number of hydrogen-bond acceptors (Lipinski definition) is 4. The third-order valence-electron chi connectivity index (χ3n) is 2.40. The van der Waals surface area contributed by atoms with Crippen molar-refractivity contribution >= 4 is 11.8 Å². The van der Waals surface area contributed by atoms with Gasteiger partial charge in [-0.2, -0.15) is 0 Å². The van der Waals surface area contributed by atoms with E-state index in [0.29, 0.717) is 24.5 Å². The van der Waals surface area contributed by atoms with Crippen LogP contribution in [0.3, 0.4) is 0 Å². The van der Waals surface area contributed by atoms with Crippen LogP contribution < -0.4 is 5.32 Å². The van der Waals surface area contributed by atoms with Gasteiger partial charge in [-0.3, -0.25) is 0 Å². The van der Waals surface area contributed by atoms with E-state index in [2.05, 4.69) is 5.32 Å². The minimum Gasteiger partial charge on any atom is -0.396 e. The Morgan fingerprint density at radius 3 is 3.00 bits per heavy atom. The lowest BCUT2D eigenvalue weighted by molar-refractivity contribution is 0.199. The van der Waals surface area contributed by atoms with E-state index in [9.17, 15) is 4.39 Å². The summed E-state index contributed by atoms with van der Waals surface area (Å²) in [7, 11) is 1.65. The summed E-state index contributed by atoms with van der Waals surface area (Å²) in [5, 5.41) is 12.0. The second-order valence-electron chi connectivity index (χ2n) is 3.82. The van der Waals surface area contributed by atoms with E-state index in [0.717, 1.165) is 17.9 Å². The van der Waals surface area contributed by atoms with E-state index >= 15 is 0 Å². The van der Waals surface area contributed by atoms with E-state index in [1.807, 2.05) is 6.07 Å². The van der Waals surface area contributed by atoms with E-state index in [4.69, 9.17) is 9.84 Å². The number of rotatable bonds is 9. The smallest absolute Gasteiger partial charge is 0.137 e. The number of methoxy groups -OCH3 is 1. The third kappa shape index (κ3) is 5.35. The van der Waals surface area contributed by atoms with E-state index in [1.165, 1.54) is 17.8 Å². The summed E-state index contributed by atoms with van der Waals surface area (Å²) in [5.74, 6) is 0.534. The zero-order chi connectivity index (χ0) is 13.2. The molecule has 0 aromatic heterocycles. The molecule has 18 heavy (non-hydrogen) atoms. The number of hydrogen-bond donors (Lipinski definition) is 2. The van der Waals surface area contributed by atoms with Crippen LogP contribution in [0.4, 0.5) is 4.39 Å². The fraction of sp³-hybridized carbons (Fsp3) is 0.538. The molecule has 102 valence electrons. The first-order valence-corrected chi connectivity index (χ1v) is 6.99. The van der Waals surface area contributed by atoms with Crippen molar-refractivity contribution in [1.82, 2.24) is 5.32 Å². The molecular weight excluding hydrogens is 253 g/mol. The number of ether oxygens (including phenoxy) is 1. The van der Waals surface area contributed by atoms with Crippen molar-refractivity contribution < 1.29 is 14.2 Å². The monoisotopic (exact) mass is 273 g/mol. The van der Waals surface area contributed by atoms with Gasteiger partial charge in [-0.05, 0) is 18.1 Å². The molecule has 1 aromatic rings. The third-order valence-corrected chi connectivity index (χ3v) is 3.63. The normalized spacial score (nSPS) is 10.8. The second-order valence-corrected chi connectivity index (χ2v) is 4.93. The van der Waals surface area contributed by atoms with Crippen molar-refractivity contribution in [2.45, 2.75) is 17.9 Å². The van der Waals surface area contributed by atoms with E-state index < -0.39 is 0 Å². The average molecular weight is 273 g/mol. The summed E-state index contributed by atoms with van der Waals surface area (Å²) in [6, 6.07) is 5.11. The van der Waals surface area contributed by atoms with Gasteiger partial charge in [-0.1, -0.05) is 12.1 Å². The van der Waals surface area contributed by atoms with Crippen LogP contribution >= 0.6 is 11.8 Å². The maximum absolute atomic E-state index is 13.7. The maximum atomic E-state index is 13.7. The predicted octanol–water partition coefficient (Wildman–Crippen LogP) is 2.04. The lowest BCUT2D eigenvalue weighted by atomic mass is 10.2. The van der Waals surface area contributed by atoms with Gasteiger partial charge in [0.1, 0.15) is 5.82 Å². The molecule has 0 aliphatic carbocycles. The first-order valence-electron chi connectivity index (χ1n) is 6.00. The first kappa shape index (κ1) is 15.4. The Labute approximate surface area is 112 Å². The molecule has 0 atom stereocenters. The highest BCUT2D eigenvalue weighted by Gasteiger charge is 2.08. The fourth-order valence-corrected chi connectivity index (χ4v) is 2.50. The highest BCUT2D eigenvalue weighted by atomic mass is 32.2. The van der Waals surface area contributed by atoms with Gasteiger partial charge < -0.3 is 15.2 Å². The van der Waals surface area contributed by atoms with Crippen LogP contribution in [-0.4, -0.2) is 37.7 Å². The Hall–Kier alpha value is -0.620. The number of thioether (sulfide) groups is 1. The number of nitrogens with one attached hydrogen (secondary N) is 1. The number of benzene rings is 1. The van der Waals surface area contributed by atoms with E-state index in [1.54, 1.807) is 13.2 Å². The summed E-state index contributed by atoms with van der Waals surface area (Å²) in [5.41, 5.74) is 0.953. The molecule has 0 radical (unpaired) electrons. The van der Waals surface area contributed by atoms with Crippen LogP contribution in [0.2, 0.25) is 0 Å². The minimum atomic E-state index is -0.191. The molecule has 0 unspecified atom stereocenters. The van der Waals surface area contributed by atoms with Crippen LogP contribution in [0.1, 0.15) is 12.0 Å². The largest absolute Gasteiger partial charge is 0.396 e. The molecule has 2 N–H and O–H groups in total. The molecule has 0 heterocycles. The first-order chi connectivity index (χ1) is 8.79. The van der Waals surface area contributed by atoms with Gasteiger partial charge in [-0.15, -0.1) is 11.8 Å². The SMILES string of the molecule is COCCNCc1cccc(F)c1SCCCO. The molecule has 0 spiro atoms. The molecule has 0 aliphatic heterocycles. The van der Waals surface area contributed by atoms with E-state index in [-0.39, 0.29) is 12.4 Å². The average Bonchev–Trinajstić information content (AvgIpc) is 2.37. The Bertz CT molecular complexity index is 350. The van der Waals surface area contributed by atoms with Crippen LogP contribution in [-0.2, 0) is 11.3 Å². The maximum Gasteiger partial charge on any atom is 0.137 e. The molecule has 0 bridgehead atoms. The molecule has 0 aliphatic rings. The molecule has 0 fully saturated rings. The highest BCUT2D eigenvalue weighted by molar-refractivity contribution is 7.99. The van der Waals surface area contributed by atoms with Gasteiger partial charge >= 0.3 is 0 Å². The Morgan fingerprint density at radius 2 is 2.28 bits per heavy atom. The summed E-state index contributed by atoms with van der Waals surface area (Å²) < 4.78 is 18.7. The second kappa shape index (κ2) is 9.33. The standard InChI is InChI=1S/C13H20FNO2S/c1-17-8-6-15-10-11-4-2-5-12(14)13(11)18-9-3-7-16/h2,4-5,15-16H,3,6-10H2,1H3. The van der Waals surface area contributed by atoms with Crippen molar-refractivity contribution in [3.63, 3.8) is 0 Å². The Morgan fingerprint density at radius 1 is 1.44 bits per heavy atom. The lowest BCUT2D eigenvalue weighted by Crippen LogP contribution is -2.19. The van der Waals surface area contributed by atoms with Crippen molar-refractivity contribution in [3.05, 3.63) is 29.6 Å². The van der Waals surface area contributed by atoms with Crippen LogP contribution in [0.5, 0.6) is 0 Å². The van der Waals surface area contributed by atoms with Gasteiger partial charge in [-0.25, -0.2) is 4.39 Å². The summed E-state index contributed by atoms with van der Waals surface area (Å²) >= 11 is 1.46. The van der Waals surface area contributed by atoms with Crippen molar-refractivity contribution in [3.8, 4) is 0 Å². The van der Waals surface area contributed by atoms with Crippen LogP contribution in [0, 0.1) is 5.82 Å². The zero-order valence-corrected chi connectivity index (χ0v) is 11.4. The topological polar surface area (TPSA) is 41.5 Å². The molecular formula is C13H20FNO2S. The summed E-state index contributed by atoms with van der Waals surface area (Å²) in [6.07, 6.45) is 0.676. The van der Waals surface area contributed by atoms with Crippen LogP contribution in [0.15, 0.2) is 23.1 Å². The van der Waals surface area contributed by atoms with Crippen LogP contribution in [0.25, 0.3) is 0 Å². The highest BCUT2D eigenvalue weighted by Crippen LogP contribution is 2.26. The Balaban J connectivity index is 2.56. The zero-order valence-electron chi connectivity index (χ0n) is 10.6. The van der Waals surface area contributed by atoms with Gasteiger partial charge in [0.05, 0.1) is 6.61 Å². The Kier molecular flexibility index (Phi) is 8.00.